The highest BCUT2D eigenvalue weighted by molar-refractivity contribution is 8.27. The molecule has 0 aromatic rings. The van der Waals surface area contributed by atoms with Gasteiger partial charge in [-0.2, -0.15) is 4.21 Å². The third-order valence-electron chi connectivity index (χ3n) is 1.53. The Kier molecular flexibility index (Phi) is 6.92. The van der Waals surface area contributed by atoms with Gasteiger partial charge in [0.15, 0.2) is 0 Å². The molecular formula is C6H11NO9S2. The van der Waals surface area contributed by atoms with Crippen molar-refractivity contribution in [3.63, 3.8) is 0 Å². The maximum Gasteiger partial charge on any atom is 0.338 e. The predicted molar refractivity (Wildman–Crippen MR) is 59.1 cm³/mol. The third kappa shape index (κ3) is 6.41. The highest BCUT2D eigenvalue weighted by Gasteiger charge is 2.47. The lowest BCUT2D eigenvalue weighted by Gasteiger charge is -2.24. The number of carbonyl (C=O) groups is 3. The van der Waals surface area contributed by atoms with Crippen LogP contribution < -0.4 is 6.15 Å². The molecule has 0 radical (unpaired) electrons. The second-order valence-electron chi connectivity index (χ2n) is 2.95. The molecule has 0 amide bonds. The minimum Gasteiger partial charge on any atom is -0.481 e. The zero-order valence-electron chi connectivity index (χ0n) is 8.77. The first-order valence-corrected chi connectivity index (χ1v) is 6.20. The molecule has 7 N–H and O–H groups in total. The van der Waals surface area contributed by atoms with Crippen molar-refractivity contribution in [3.05, 3.63) is 0 Å². The second kappa shape index (κ2) is 6.55. The van der Waals surface area contributed by atoms with Gasteiger partial charge in [0.2, 0.25) is 5.60 Å². The average Bonchev–Trinajstić information content (AvgIpc) is 1.96. The number of hydrogen-bond acceptors (Lipinski definition) is 7. The summed E-state index contributed by atoms with van der Waals surface area (Å²) in [6.45, 7) is 0. The molecule has 0 aromatic carbocycles. The zero-order chi connectivity index (χ0) is 13.9. The van der Waals surface area contributed by atoms with Gasteiger partial charge in [-0.05, 0) is 0 Å². The van der Waals surface area contributed by atoms with Crippen LogP contribution >= 0.6 is 0 Å². The molecule has 0 saturated heterocycles. The monoisotopic (exact) mass is 305 g/mol. The summed E-state index contributed by atoms with van der Waals surface area (Å²) >= 11 is 3.87. The van der Waals surface area contributed by atoms with Crippen LogP contribution in [0.1, 0.15) is 12.8 Å². The number of hydrogen-bond donors (Lipinski definition) is 5. The molecule has 18 heavy (non-hydrogen) atoms. The van der Waals surface area contributed by atoms with Gasteiger partial charge in [-0.15, -0.1) is 0 Å². The summed E-state index contributed by atoms with van der Waals surface area (Å²) in [5, 5.41) is 25.7. The van der Waals surface area contributed by atoms with Crippen molar-refractivity contribution in [2.24, 2.45) is 0 Å². The summed E-state index contributed by atoms with van der Waals surface area (Å²) in [5.41, 5.74) is -2.88. The van der Waals surface area contributed by atoms with Gasteiger partial charge in [0.25, 0.3) is 9.05 Å². The van der Waals surface area contributed by atoms with E-state index in [0.717, 1.165) is 0 Å². The summed E-state index contributed by atoms with van der Waals surface area (Å²) < 4.78 is 23.5. The van der Waals surface area contributed by atoms with Gasteiger partial charge in [0.05, 0.1) is 12.8 Å². The van der Waals surface area contributed by atoms with Crippen molar-refractivity contribution in [2.45, 2.75) is 18.4 Å². The lowest BCUT2D eigenvalue weighted by molar-refractivity contribution is -0.166. The molecule has 0 aromatic heterocycles. The van der Waals surface area contributed by atoms with Crippen LogP contribution in [0.2, 0.25) is 0 Å². The Morgan fingerprint density at radius 2 is 1.44 bits per heavy atom. The van der Waals surface area contributed by atoms with E-state index in [4.69, 9.17) is 19.9 Å². The summed E-state index contributed by atoms with van der Waals surface area (Å²) in [6, 6.07) is 0. The molecule has 0 aliphatic rings. The van der Waals surface area contributed by atoms with Crippen molar-refractivity contribution >= 4 is 38.1 Å². The summed E-state index contributed by atoms with van der Waals surface area (Å²) in [5.74, 6) is -5.44. The van der Waals surface area contributed by atoms with Gasteiger partial charge < -0.3 is 21.5 Å². The first-order valence-electron chi connectivity index (χ1n) is 3.83. The van der Waals surface area contributed by atoms with Crippen LogP contribution in [0.5, 0.6) is 0 Å². The van der Waals surface area contributed by atoms with Crippen LogP contribution in [-0.2, 0) is 38.8 Å². The second-order valence-corrected chi connectivity index (χ2v) is 5.24. The Morgan fingerprint density at radius 1 is 1.11 bits per heavy atom. The molecular weight excluding hydrogens is 294 g/mol. The Bertz CT molecular complexity index is 426. The predicted octanol–water partition coefficient (Wildman–Crippen LogP) is -0.928. The minimum atomic E-state index is -4.49. The van der Waals surface area contributed by atoms with E-state index in [0.29, 0.717) is 0 Å². The third-order valence-corrected chi connectivity index (χ3v) is 2.26. The van der Waals surface area contributed by atoms with Gasteiger partial charge in [-0.25, -0.2) is 8.98 Å². The molecule has 0 aliphatic heterocycles. The Morgan fingerprint density at radius 3 is 1.61 bits per heavy atom. The molecule has 0 rings (SSSR count). The van der Waals surface area contributed by atoms with E-state index in [9.17, 15) is 18.6 Å². The maximum atomic E-state index is 10.8. The number of carboxylic acids is 3. The lowest BCUT2D eigenvalue weighted by Crippen LogP contribution is -2.46. The van der Waals surface area contributed by atoms with Crippen molar-refractivity contribution in [2.75, 3.05) is 0 Å². The van der Waals surface area contributed by atoms with Gasteiger partial charge in [0, 0.05) is 11.2 Å². The van der Waals surface area contributed by atoms with Crippen LogP contribution in [0.4, 0.5) is 0 Å². The molecule has 0 aliphatic carbocycles. The fourth-order valence-corrected chi connectivity index (χ4v) is 1.98. The van der Waals surface area contributed by atoms with Crippen LogP contribution in [0.3, 0.4) is 0 Å². The molecule has 106 valence electrons. The topological polar surface area (TPSA) is 193 Å². The zero-order valence-corrected chi connectivity index (χ0v) is 10.4. The van der Waals surface area contributed by atoms with Gasteiger partial charge in [0.1, 0.15) is 0 Å². The first-order chi connectivity index (χ1) is 7.48. The number of aliphatic carboxylic acids is 3. The van der Waals surface area contributed by atoms with E-state index in [1.807, 2.05) is 0 Å². The molecule has 0 spiro atoms. The molecule has 0 heterocycles. The molecule has 10 nitrogen and oxygen atoms in total. The molecule has 0 saturated carbocycles. The van der Waals surface area contributed by atoms with Crippen LogP contribution in [0, 0.1) is 0 Å². The van der Waals surface area contributed by atoms with E-state index in [-0.39, 0.29) is 6.15 Å². The Labute approximate surface area is 106 Å². The van der Waals surface area contributed by atoms with Crippen LogP contribution in [0.25, 0.3) is 0 Å². The van der Waals surface area contributed by atoms with E-state index in [2.05, 4.69) is 15.4 Å². The molecule has 0 bridgehead atoms. The molecule has 0 fully saturated rings. The van der Waals surface area contributed by atoms with Crippen molar-refractivity contribution in [1.29, 1.82) is 0 Å². The number of rotatable bonds is 7. The molecule has 1 unspecified atom stereocenters. The first kappa shape index (κ1) is 19.0. The largest absolute Gasteiger partial charge is 0.481 e. The maximum absolute atomic E-state index is 10.8. The Hall–Kier alpha value is -1.34. The summed E-state index contributed by atoms with van der Waals surface area (Å²) in [6.07, 6.45) is -2.63. The van der Waals surface area contributed by atoms with E-state index in [1.54, 1.807) is 0 Å². The fourth-order valence-electron chi connectivity index (χ4n) is 0.998. The Balaban J connectivity index is 0. The SMILES string of the molecule is N.O=C(O)CC(CC(=O)O)(OS(=O)(O)=S)C(=O)O. The van der Waals surface area contributed by atoms with Gasteiger partial charge >= 0.3 is 17.9 Å². The lowest BCUT2D eigenvalue weighted by atomic mass is 9.96. The number of carboxylic acid groups (broad SMARTS) is 3. The van der Waals surface area contributed by atoms with E-state index >= 15 is 0 Å². The van der Waals surface area contributed by atoms with Gasteiger partial charge in [-0.1, -0.05) is 0 Å². The fraction of sp³-hybridized carbons (Fsp3) is 0.500. The quantitative estimate of drug-likeness (QED) is 0.390. The molecule has 1 atom stereocenters. The summed E-state index contributed by atoms with van der Waals surface area (Å²) in [4.78, 5) is 31.7. The normalized spacial score (nSPS) is 14.1. The van der Waals surface area contributed by atoms with E-state index in [1.165, 1.54) is 0 Å². The minimum absolute atomic E-state index is 0. The van der Waals surface area contributed by atoms with Crippen molar-refractivity contribution < 1.29 is 42.6 Å². The van der Waals surface area contributed by atoms with Crippen molar-refractivity contribution in [1.82, 2.24) is 6.15 Å². The van der Waals surface area contributed by atoms with E-state index < -0.39 is 45.4 Å². The smallest absolute Gasteiger partial charge is 0.338 e. The van der Waals surface area contributed by atoms with Crippen LogP contribution in [0.15, 0.2) is 0 Å². The molecule has 12 heteroatoms. The summed E-state index contributed by atoms with van der Waals surface area (Å²) in [7, 11) is -4.49. The standard InChI is InChI=1S/C6H8O9S2.H3N/c7-3(8)1-6(5(11)12,2-4(9)10)15-17(13,14)16;/h1-2H2,(H,7,8)(H,9,10)(H,11,12)(H,13,14,16);1H3. The van der Waals surface area contributed by atoms with Crippen LogP contribution in [-0.4, -0.2) is 47.6 Å². The highest BCUT2D eigenvalue weighted by atomic mass is 32.9. The van der Waals surface area contributed by atoms with Crippen molar-refractivity contribution in [3.8, 4) is 0 Å². The van der Waals surface area contributed by atoms with Gasteiger partial charge in [-0.3, -0.25) is 14.1 Å². The highest BCUT2D eigenvalue weighted by Crippen LogP contribution is 2.24. The average molecular weight is 305 g/mol.